The first-order valence-corrected chi connectivity index (χ1v) is 6.32. The van der Waals surface area contributed by atoms with Gasteiger partial charge in [-0.3, -0.25) is 4.79 Å². The zero-order valence-corrected chi connectivity index (χ0v) is 11.4. The van der Waals surface area contributed by atoms with Crippen LogP contribution in [0.1, 0.15) is 12.8 Å². The molecule has 2 N–H and O–H groups in total. The van der Waals surface area contributed by atoms with Crippen LogP contribution < -0.4 is 0 Å². The molecule has 2 atom stereocenters. The molecule has 0 saturated carbocycles. The summed E-state index contributed by atoms with van der Waals surface area (Å²) in [4.78, 5) is 25.8. The molecule has 0 aliphatic carbocycles. The molecule has 0 radical (unpaired) electrons. The van der Waals surface area contributed by atoms with Gasteiger partial charge in [0.05, 0.1) is 19.3 Å². The van der Waals surface area contributed by atoms with Gasteiger partial charge in [-0.25, -0.2) is 4.79 Å². The molecular weight excluding hydrogens is 252 g/mol. The molecule has 2 unspecified atom stereocenters. The zero-order chi connectivity index (χ0) is 14.4. The lowest BCUT2D eigenvalue weighted by atomic mass is 10.1. The number of hydrogen-bond donors (Lipinski definition) is 2. The summed E-state index contributed by atoms with van der Waals surface area (Å²) in [5.74, 6) is -0.804. The second kappa shape index (κ2) is 7.30. The molecule has 1 aliphatic rings. The summed E-state index contributed by atoms with van der Waals surface area (Å²) in [6, 6.07) is -0.178. The van der Waals surface area contributed by atoms with Crippen molar-refractivity contribution < 1.29 is 24.5 Å². The summed E-state index contributed by atoms with van der Waals surface area (Å²) in [6.07, 6.45) is 0.100. The number of rotatable bonds is 6. The number of urea groups is 1. The van der Waals surface area contributed by atoms with E-state index in [1.54, 1.807) is 11.9 Å². The van der Waals surface area contributed by atoms with Crippen LogP contribution in [-0.4, -0.2) is 78.5 Å². The van der Waals surface area contributed by atoms with Gasteiger partial charge in [0, 0.05) is 33.7 Å². The molecule has 0 aromatic heterocycles. The Morgan fingerprint density at radius 1 is 1.53 bits per heavy atom. The van der Waals surface area contributed by atoms with Crippen molar-refractivity contribution >= 4 is 12.0 Å². The lowest BCUT2D eigenvalue weighted by Gasteiger charge is -2.26. The maximum absolute atomic E-state index is 12.1. The van der Waals surface area contributed by atoms with E-state index in [1.807, 2.05) is 0 Å². The van der Waals surface area contributed by atoms with Crippen molar-refractivity contribution in [3.63, 3.8) is 0 Å². The van der Waals surface area contributed by atoms with E-state index in [0.29, 0.717) is 19.5 Å². The minimum atomic E-state index is -0.830. The number of aliphatic hydroxyl groups excluding tert-OH is 1. The molecule has 1 heterocycles. The molecule has 2 amide bonds. The number of aliphatic hydroxyl groups is 1. The summed E-state index contributed by atoms with van der Waals surface area (Å²) in [5, 5.41) is 18.3. The first-order chi connectivity index (χ1) is 8.93. The minimum absolute atomic E-state index is 0.0266. The molecule has 19 heavy (non-hydrogen) atoms. The molecule has 1 fully saturated rings. The normalized spacial score (nSPS) is 20.4. The highest BCUT2D eigenvalue weighted by molar-refractivity contribution is 5.74. The maximum Gasteiger partial charge on any atom is 0.319 e. The number of amides is 2. The van der Waals surface area contributed by atoms with Gasteiger partial charge in [-0.2, -0.15) is 0 Å². The molecule has 0 aromatic rings. The van der Waals surface area contributed by atoms with Crippen LogP contribution in [0, 0.1) is 5.92 Å². The van der Waals surface area contributed by atoms with E-state index in [2.05, 4.69) is 0 Å². The fourth-order valence-corrected chi connectivity index (χ4v) is 2.30. The topological polar surface area (TPSA) is 90.3 Å². The highest BCUT2D eigenvalue weighted by atomic mass is 16.5. The molecule has 1 rings (SSSR count). The molecule has 7 nitrogen and oxygen atoms in total. The molecule has 110 valence electrons. The van der Waals surface area contributed by atoms with Gasteiger partial charge >= 0.3 is 12.0 Å². The average molecular weight is 274 g/mol. The Labute approximate surface area is 112 Å². The number of nitrogens with zero attached hydrogens (tertiary/aromatic N) is 2. The van der Waals surface area contributed by atoms with Crippen LogP contribution >= 0.6 is 0 Å². The predicted molar refractivity (Wildman–Crippen MR) is 67.8 cm³/mol. The summed E-state index contributed by atoms with van der Waals surface area (Å²) in [5.41, 5.74) is 0. The van der Waals surface area contributed by atoms with E-state index in [4.69, 9.17) is 9.84 Å². The third kappa shape index (κ3) is 5.04. The Kier molecular flexibility index (Phi) is 6.04. The van der Waals surface area contributed by atoms with Crippen molar-refractivity contribution in [3.05, 3.63) is 0 Å². The van der Waals surface area contributed by atoms with Crippen LogP contribution in [0.15, 0.2) is 0 Å². The predicted octanol–water partition coefficient (Wildman–Crippen LogP) is -0.158. The van der Waals surface area contributed by atoms with Gasteiger partial charge in [0.2, 0.25) is 0 Å². The average Bonchev–Trinajstić information content (AvgIpc) is 2.75. The number of aliphatic carboxylic acids is 1. The van der Waals surface area contributed by atoms with Crippen molar-refractivity contribution in [3.8, 4) is 0 Å². The van der Waals surface area contributed by atoms with Crippen LogP contribution in [0.4, 0.5) is 4.79 Å². The van der Waals surface area contributed by atoms with E-state index >= 15 is 0 Å². The Morgan fingerprint density at radius 3 is 2.79 bits per heavy atom. The van der Waals surface area contributed by atoms with Crippen molar-refractivity contribution in [1.29, 1.82) is 0 Å². The van der Waals surface area contributed by atoms with E-state index in [1.165, 1.54) is 12.0 Å². The van der Waals surface area contributed by atoms with Gasteiger partial charge in [0.1, 0.15) is 0 Å². The molecule has 7 heteroatoms. The van der Waals surface area contributed by atoms with Crippen LogP contribution in [0.2, 0.25) is 0 Å². The number of hydrogen-bond acceptors (Lipinski definition) is 4. The Balaban J connectivity index is 2.39. The van der Waals surface area contributed by atoms with Gasteiger partial charge in [0.15, 0.2) is 0 Å². The highest BCUT2D eigenvalue weighted by Gasteiger charge is 2.29. The number of likely N-dealkylation sites (tertiary alicyclic amines) is 1. The van der Waals surface area contributed by atoms with Crippen molar-refractivity contribution in [2.75, 3.05) is 40.4 Å². The summed E-state index contributed by atoms with van der Waals surface area (Å²) in [6.45, 7) is 1.42. The Hall–Kier alpha value is -1.34. The first-order valence-electron chi connectivity index (χ1n) is 6.32. The number of ether oxygens (including phenoxy) is 1. The highest BCUT2D eigenvalue weighted by Crippen LogP contribution is 2.20. The van der Waals surface area contributed by atoms with Crippen LogP contribution in [0.25, 0.3) is 0 Å². The first kappa shape index (κ1) is 15.7. The largest absolute Gasteiger partial charge is 0.481 e. The van der Waals surface area contributed by atoms with Crippen molar-refractivity contribution in [2.45, 2.75) is 18.9 Å². The monoisotopic (exact) mass is 274 g/mol. The van der Waals surface area contributed by atoms with Gasteiger partial charge in [-0.1, -0.05) is 0 Å². The molecule has 0 bridgehead atoms. The lowest BCUT2D eigenvalue weighted by Crippen LogP contribution is -2.44. The number of likely N-dealkylation sites (N-methyl/N-ethyl adjacent to an activating group) is 1. The van der Waals surface area contributed by atoms with E-state index in [0.717, 1.165) is 0 Å². The number of carboxylic acids is 1. The second-order valence-electron chi connectivity index (χ2n) is 4.97. The smallest absolute Gasteiger partial charge is 0.319 e. The minimum Gasteiger partial charge on any atom is -0.481 e. The third-order valence-corrected chi connectivity index (χ3v) is 3.19. The standard InChI is InChI=1S/C12H22N2O5/c1-13(7-10(15)8-19-2)12(18)14-4-3-9(6-14)5-11(16)17/h9-10,15H,3-8H2,1-2H3,(H,16,17). The number of carboxylic acid groups (broad SMARTS) is 1. The number of carbonyl (C=O) groups is 2. The molecule has 1 aliphatic heterocycles. The van der Waals surface area contributed by atoms with E-state index in [-0.39, 0.29) is 31.5 Å². The van der Waals surface area contributed by atoms with Gasteiger partial charge < -0.3 is 24.7 Å². The summed E-state index contributed by atoms with van der Waals surface area (Å²) >= 11 is 0. The molecule has 1 saturated heterocycles. The summed E-state index contributed by atoms with van der Waals surface area (Å²) < 4.78 is 4.80. The molecule has 0 aromatic carbocycles. The molecular formula is C12H22N2O5. The Morgan fingerprint density at radius 2 is 2.21 bits per heavy atom. The van der Waals surface area contributed by atoms with Gasteiger partial charge in [-0.05, 0) is 12.3 Å². The lowest BCUT2D eigenvalue weighted by molar-refractivity contribution is -0.138. The SMILES string of the molecule is COCC(O)CN(C)C(=O)N1CCC(CC(=O)O)C1. The van der Waals surface area contributed by atoms with Crippen molar-refractivity contribution in [1.82, 2.24) is 9.80 Å². The maximum atomic E-state index is 12.1. The van der Waals surface area contributed by atoms with E-state index < -0.39 is 12.1 Å². The number of carbonyl (C=O) groups excluding carboxylic acids is 1. The van der Waals surface area contributed by atoms with Crippen molar-refractivity contribution in [2.24, 2.45) is 5.92 Å². The molecule has 0 spiro atoms. The zero-order valence-electron chi connectivity index (χ0n) is 11.4. The Bertz CT molecular complexity index is 323. The summed E-state index contributed by atoms with van der Waals surface area (Å²) in [7, 11) is 3.10. The fraction of sp³-hybridized carbons (Fsp3) is 0.833. The van der Waals surface area contributed by atoms with Crippen LogP contribution in [0.3, 0.4) is 0 Å². The van der Waals surface area contributed by atoms with Gasteiger partial charge in [-0.15, -0.1) is 0 Å². The third-order valence-electron chi connectivity index (χ3n) is 3.19. The quantitative estimate of drug-likeness (QED) is 0.702. The fourth-order valence-electron chi connectivity index (χ4n) is 2.30. The second-order valence-corrected chi connectivity index (χ2v) is 4.97. The van der Waals surface area contributed by atoms with Gasteiger partial charge in [0.25, 0.3) is 0 Å². The van der Waals surface area contributed by atoms with E-state index in [9.17, 15) is 14.7 Å². The number of methoxy groups -OCH3 is 1. The van der Waals surface area contributed by atoms with Crippen LogP contribution in [-0.2, 0) is 9.53 Å². The van der Waals surface area contributed by atoms with Crippen LogP contribution in [0.5, 0.6) is 0 Å².